The molecule has 0 fully saturated rings. The van der Waals surface area contributed by atoms with E-state index in [2.05, 4.69) is 244 Å². The van der Waals surface area contributed by atoms with Gasteiger partial charge >= 0.3 is 0 Å². The van der Waals surface area contributed by atoms with Crippen molar-refractivity contribution in [2.24, 2.45) is 0 Å². The Kier molecular flexibility index (Phi) is 32.7. The van der Waals surface area contributed by atoms with Crippen molar-refractivity contribution in [2.45, 2.75) is 122 Å². The number of aromatic nitrogens is 6. The van der Waals surface area contributed by atoms with Crippen molar-refractivity contribution in [1.82, 2.24) is 29.9 Å². The SMILES string of the molecule is CC(O)CC(C)O.CC(O)CC(C)O.CC(O)CC(C)O.CC1(C)c2ccccc2-c2ccc(-c3cnc(-c4[c-]cccc4)c(-c4ccccc4)n3)cc21.[Ir].[Ir].[Ir].[c-]1ccccc1-c1ncc(-c2ccc3c(c2)C2(c4ccccc4-c4ccccc42)c2ccccc2-3)nc1-c1ccccc1.[c-]1ccccc1-c1ncc(-c2cccc3ccccc23)nc1-c1ccccc1. The average Bonchev–Trinajstić information content (AvgIpc) is 1.51. The molecule has 649 valence electrons. The van der Waals surface area contributed by atoms with E-state index in [4.69, 9.17) is 60.5 Å². The third-order valence-electron chi connectivity index (χ3n) is 22.6. The summed E-state index contributed by atoms with van der Waals surface area (Å²) in [5.41, 5.74) is 32.3. The van der Waals surface area contributed by atoms with Gasteiger partial charge in [0.25, 0.3) is 0 Å². The summed E-state index contributed by atoms with van der Waals surface area (Å²) < 4.78 is 0. The van der Waals surface area contributed by atoms with Crippen LogP contribution in [0.25, 0.3) is 145 Å². The van der Waals surface area contributed by atoms with Gasteiger partial charge in [-0.2, -0.15) is 0 Å². The van der Waals surface area contributed by atoms with Crippen LogP contribution in [0.15, 0.2) is 358 Å². The molecule has 1 spiro atoms. The molecule has 0 bridgehead atoms. The Morgan fingerprint density at radius 1 is 0.258 bits per heavy atom. The smallest absolute Gasteiger partial charge is 0.0879 e. The van der Waals surface area contributed by atoms with Crippen LogP contribution in [0.3, 0.4) is 0 Å². The summed E-state index contributed by atoms with van der Waals surface area (Å²) >= 11 is 0. The summed E-state index contributed by atoms with van der Waals surface area (Å²) in [6, 6.07) is 128. The van der Waals surface area contributed by atoms with E-state index in [1.807, 2.05) is 146 Å². The monoisotopic (exact) mass is 2220 g/mol. The first kappa shape index (κ1) is 95.4. The van der Waals surface area contributed by atoms with Gasteiger partial charge in [0.1, 0.15) is 0 Å². The summed E-state index contributed by atoms with van der Waals surface area (Å²) in [6.07, 6.45) is 4.83. The van der Waals surface area contributed by atoms with E-state index in [-0.39, 0.29) is 108 Å². The van der Waals surface area contributed by atoms with Crippen LogP contribution in [0.2, 0.25) is 0 Å². The normalized spacial score (nSPS) is 13.4. The minimum atomic E-state index is -0.385. The summed E-state index contributed by atoms with van der Waals surface area (Å²) in [4.78, 5) is 30.2. The second-order valence-electron chi connectivity index (χ2n) is 32.7. The Balaban J connectivity index is 0.000000157. The quantitative estimate of drug-likeness (QED) is 0.0532. The molecule has 14 aromatic carbocycles. The zero-order valence-electron chi connectivity index (χ0n) is 72.5. The van der Waals surface area contributed by atoms with Crippen LogP contribution >= 0.6 is 0 Å². The Bertz CT molecular complexity index is 6410. The van der Waals surface area contributed by atoms with Crippen LogP contribution in [0.4, 0.5) is 0 Å². The van der Waals surface area contributed by atoms with Crippen LogP contribution in [-0.2, 0) is 71.1 Å². The van der Waals surface area contributed by atoms with Gasteiger partial charge in [-0.1, -0.05) is 269 Å². The minimum absolute atomic E-state index is 0. The third kappa shape index (κ3) is 21.3. The number of aliphatic hydroxyl groups is 6. The molecule has 12 nitrogen and oxygen atoms in total. The van der Waals surface area contributed by atoms with Gasteiger partial charge in [0.05, 0.1) is 76.2 Å². The minimum Gasteiger partial charge on any atom is -0.393 e. The molecule has 3 aromatic heterocycles. The molecule has 0 saturated heterocycles. The number of fused-ring (bicyclic) bond motifs is 14. The first-order chi connectivity index (χ1) is 60.7. The summed E-state index contributed by atoms with van der Waals surface area (Å²) in [7, 11) is 0. The van der Waals surface area contributed by atoms with Crippen molar-refractivity contribution in [3.8, 4) is 135 Å². The van der Waals surface area contributed by atoms with E-state index in [0.29, 0.717) is 19.3 Å². The predicted octanol–water partition coefficient (Wildman–Crippen LogP) is 24.0. The fourth-order valence-electron chi connectivity index (χ4n) is 17.2. The molecule has 3 aliphatic carbocycles. The Morgan fingerprint density at radius 2 is 0.547 bits per heavy atom. The number of rotatable bonds is 15. The molecule has 3 aliphatic rings. The Labute approximate surface area is 791 Å². The predicted molar refractivity (Wildman–Crippen MR) is 507 cm³/mol. The first-order valence-electron chi connectivity index (χ1n) is 42.7. The average molecular weight is 2220 g/mol. The van der Waals surface area contributed by atoms with E-state index in [1.54, 1.807) is 41.5 Å². The van der Waals surface area contributed by atoms with E-state index in [0.717, 1.165) is 101 Å². The number of aliphatic hydroxyl groups excluding tert-OH is 6. The molecule has 6 N–H and O–H groups in total. The maximum Gasteiger partial charge on any atom is 0.0879 e. The van der Waals surface area contributed by atoms with Crippen molar-refractivity contribution in [2.75, 3.05) is 0 Å². The van der Waals surface area contributed by atoms with Crippen molar-refractivity contribution >= 4 is 10.8 Å². The van der Waals surface area contributed by atoms with Gasteiger partial charge in [-0.15, -0.1) is 108 Å². The van der Waals surface area contributed by atoms with Gasteiger partial charge in [-0.3, -0.25) is 15.0 Å². The summed E-state index contributed by atoms with van der Waals surface area (Å²) in [5, 5.41) is 53.8. The van der Waals surface area contributed by atoms with Crippen LogP contribution in [-0.4, -0.2) is 97.2 Å². The van der Waals surface area contributed by atoms with Crippen molar-refractivity contribution in [1.29, 1.82) is 0 Å². The molecule has 0 amide bonds. The molecule has 17 aromatic rings. The first-order valence-corrected chi connectivity index (χ1v) is 42.7. The molecule has 6 unspecified atom stereocenters. The molecule has 128 heavy (non-hydrogen) atoms. The van der Waals surface area contributed by atoms with Crippen LogP contribution in [0.5, 0.6) is 0 Å². The molecule has 3 heterocycles. The standard InChI is InChI=1S/C41H25N2.C31H23N2.C26H17N2.3C5H12O2.3Ir/c1-3-13-27(14-4-1)39-40(28-15-5-2-6-16-28)43-38(26-42-39)29-23-24-33-32-19-9-12-22-36(32)41(37(33)25-29)34-20-10-7-17-30(34)31-18-8-11-21-35(31)41;1-31(2)26-16-10-9-15-24(26)25-18-17-23(19-27(25)31)28-20-32-29(21-11-5-3-6-12-21)30(33-28)22-13-7-4-8-14-22;1-3-11-20(12-4-1)25-26(21-13-5-2-6-14-21)28-24(18-27-25)23-17-9-15-19-10-7-8-16-22(19)23;3*1-4(6)3-5(2)7;;;/h1-13,15-26H;3-11,13-20H,1-2H3;1-11,13-18H;3*4-7H,3H2,1-2H3;;;/q3*-1;;;;;;. The third-order valence-corrected chi connectivity index (χ3v) is 22.6. The molecule has 0 saturated carbocycles. The molecule has 0 aliphatic heterocycles. The molecular weight excluding hydrogens is 2110 g/mol. The second kappa shape index (κ2) is 43.9. The van der Waals surface area contributed by atoms with Gasteiger partial charge in [0, 0.05) is 118 Å². The number of benzene rings is 14. The van der Waals surface area contributed by atoms with Crippen molar-refractivity contribution in [3.05, 3.63) is 410 Å². The molecule has 15 heteroatoms. The van der Waals surface area contributed by atoms with E-state index in [1.165, 1.54) is 77.5 Å². The molecule has 20 rings (SSSR count). The zero-order chi connectivity index (χ0) is 87.1. The topological polar surface area (TPSA) is 199 Å². The van der Waals surface area contributed by atoms with Crippen LogP contribution < -0.4 is 0 Å². The zero-order valence-corrected chi connectivity index (χ0v) is 79.7. The number of hydrogen-bond acceptors (Lipinski definition) is 12. The summed E-state index contributed by atoms with van der Waals surface area (Å²) in [6.45, 7) is 14.6. The van der Waals surface area contributed by atoms with E-state index >= 15 is 0 Å². The maximum atomic E-state index is 8.56. The molecular formula is C113H101Ir3N6O6-3. The molecule has 3 radical (unpaired) electrons. The van der Waals surface area contributed by atoms with Crippen molar-refractivity contribution < 1.29 is 91.0 Å². The molecule has 6 atom stereocenters. The number of hydrogen-bond donors (Lipinski definition) is 6. The second-order valence-corrected chi connectivity index (χ2v) is 32.7. The largest absolute Gasteiger partial charge is 0.393 e. The maximum absolute atomic E-state index is 8.56. The number of nitrogens with zero attached hydrogens (tertiary/aromatic N) is 6. The van der Waals surface area contributed by atoms with Gasteiger partial charge in [0.15, 0.2) is 0 Å². The van der Waals surface area contributed by atoms with E-state index < -0.39 is 0 Å². The fraction of sp³-hybridized carbons (Fsp3) is 0.168. The summed E-state index contributed by atoms with van der Waals surface area (Å²) in [5.74, 6) is 0. The van der Waals surface area contributed by atoms with Crippen LogP contribution in [0.1, 0.15) is 108 Å². The van der Waals surface area contributed by atoms with Gasteiger partial charge < -0.3 is 45.6 Å². The van der Waals surface area contributed by atoms with E-state index in [9.17, 15) is 0 Å². The Morgan fingerprint density at radius 3 is 0.914 bits per heavy atom. The van der Waals surface area contributed by atoms with Crippen LogP contribution in [0, 0.1) is 18.2 Å². The fourth-order valence-corrected chi connectivity index (χ4v) is 17.2. The van der Waals surface area contributed by atoms with Gasteiger partial charge in [0.2, 0.25) is 0 Å². The van der Waals surface area contributed by atoms with Gasteiger partial charge in [-0.05, 0) is 167 Å². The van der Waals surface area contributed by atoms with Gasteiger partial charge in [-0.25, -0.2) is 0 Å². The van der Waals surface area contributed by atoms with Crippen molar-refractivity contribution in [3.63, 3.8) is 0 Å². The Hall–Kier alpha value is -11.7.